The van der Waals surface area contributed by atoms with Crippen LogP contribution in [0.2, 0.25) is 0 Å². The zero-order valence-corrected chi connectivity index (χ0v) is 10.3. The first-order valence-corrected chi connectivity index (χ1v) is 5.38. The number of carbonyl (C=O) groups excluding carboxylic acids is 1. The summed E-state index contributed by atoms with van der Waals surface area (Å²) in [4.78, 5) is 15.8. The van der Waals surface area contributed by atoms with Gasteiger partial charge >= 0.3 is 0 Å². The minimum Gasteiger partial charge on any atom is -0.436 e. The molecule has 0 spiro atoms. The van der Waals surface area contributed by atoms with E-state index in [1.807, 2.05) is 0 Å². The van der Waals surface area contributed by atoms with E-state index in [1.54, 1.807) is 13.8 Å². The molecule has 2 rings (SSSR count). The fourth-order valence-electron chi connectivity index (χ4n) is 1.58. The first-order valence-electron chi connectivity index (χ1n) is 5.38. The lowest BCUT2D eigenvalue weighted by atomic mass is 10.2. The predicted octanol–water partition coefficient (Wildman–Crippen LogP) is 2.40. The standard InChI is InChI=1S/C12H11F2N3O2/c1-5-11(19-6(2)16-5)12(18)17-10-4-9(15)7(13)3-8(10)14/h3-4H,15H2,1-2H3,(H,17,18). The lowest BCUT2D eigenvalue weighted by Crippen LogP contribution is -2.14. The number of oxazole rings is 1. The minimum absolute atomic E-state index is 0.0280. The van der Waals surface area contributed by atoms with Crippen molar-refractivity contribution < 1.29 is 18.0 Å². The van der Waals surface area contributed by atoms with Crippen LogP contribution in [0, 0.1) is 25.5 Å². The van der Waals surface area contributed by atoms with Crippen LogP contribution in [0.15, 0.2) is 16.5 Å². The van der Waals surface area contributed by atoms with Crippen LogP contribution >= 0.6 is 0 Å². The number of rotatable bonds is 2. The zero-order chi connectivity index (χ0) is 14.2. The number of hydrogen-bond donors (Lipinski definition) is 2. The highest BCUT2D eigenvalue weighted by Gasteiger charge is 2.18. The fraction of sp³-hybridized carbons (Fsp3) is 0.167. The van der Waals surface area contributed by atoms with E-state index < -0.39 is 17.5 Å². The van der Waals surface area contributed by atoms with Crippen molar-refractivity contribution in [3.8, 4) is 0 Å². The highest BCUT2D eigenvalue weighted by molar-refractivity contribution is 6.03. The first kappa shape index (κ1) is 13.0. The Hall–Kier alpha value is -2.44. The molecule has 0 saturated carbocycles. The first-order chi connectivity index (χ1) is 8.88. The van der Waals surface area contributed by atoms with Crippen molar-refractivity contribution in [1.29, 1.82) is 0 Å². The Bertz CT molecular complexity index is 653. The molecule has 100 valence electrons. The Labute approximate surface area is 107 Å². The van der Waals surface area contributed by atoms with E-state index in [0.717, 1.165) is 6.07 Å². The number of amides is 1. The van der Waals surface area contributed by atoms with Crippen LogP contribution in [0.1, 0.15) is 22.1 Å². The predicted molar refractivity (Wildman–Crippen MR) is 64.7 cm³/mol. The molecular formula is C12H11F2N3O2. The van der Waals surface area contributed by atoms with Crippen LogP contribution in [-0.4, -0.2) is 10.9 Å². The molecule has 0 radical (unpaired) electrons. The van der Waals surface area contributed by atoms with Gasteiger partial charge in [0.1, 0.15) is 11.6 Å². The number of anilines is 2. The molecule has 0 unspecified atom stereocenters. The van der Waals surface area contributed by atoms with Crippen molar-refractivity contribution in [1.82, 2.24) is 4.98 Å². The number of nitrogen functional groups attached to an aromatic ring is 1. The van der Waals surface area contributed by atoms with E-state index in [4.69, 9.17) is 10.2 Å². The smallest absolute Gasteiger partial charge is 0.293 e. The monoisotopic (exact) mass is 267 g/mol. The summed E-state index contributed by atoms with van der Waals surface area (Å²) in [6.45, 7) is 3.17. The van der Waals surface area contributed by atoms with Gasteiger partial charge in [-0.1, -0.05) is 0 Å². The zero-order valence-electron chi connectivity index (χ0n) is 10.3. The highest BCUT2D eigenvalue weighted by Crippen LogP contribution is 2.22. The van der Waals surface area contributed by atoms with Gasteiger partial charge < -0.3 is 15.5 Å². The van der Waals surface area contributed by atoms with Crippen LogP contribution in [0.5, 0.6) is 0 Å². The number of nitrogens with two attached hydrogens (primary N) is 1. The van der Waals surface area contributed by atoms with Crippen molar-refractivity contribution in [3.63, 3.8) is 0 Å². The molecule has 3 N–H and O–H groups in total. The number of aryl methyl sites for hydroxylation is 2. The molecule has 19 heavy (non-hydrogen) atoms. The van der Waals surface area contributed by atoms with Crippen molar-refractivity contribution in [2.24, 2.45) is 0 Å². The molecule has 1 amide bonds. The molecule has 2 aromatic rings. The number of benzene rings is 1. The molecule has 0 saturated heterocycles. The van der Waals surface area contributed by atoms with Gasteiger partial charge in [0, 0.05) is 13.0 Å². The molecule has 5 nitrogen and oxygen atoms in total. The van der Waals surface area contributed by atoms with Crippen molar-refractivity contribution >= 4 is 17.3 Å². The maximum Gasteiger partial charge on any atom is 0.293 e. The van der Waals surface area contributed by atoms with Crippen LogP contribution in [0.4, 0.5) is 20.2 Å². The summed E-state index contributed by atoms with van der Waals surface area (Å²) in [6, 6.07) is 1.60. The average molecular weight is 267 g/mol. The van der Waals surface area contributed by atoms with E-state index in [2.05, 4.69) is 10.3 Å². The molecule has 0 aliphatic carbocycles. The molecule has 0 aliphatic rings. The Kier molecular flexibility index (Phi) is 3.20. The maximum atomic E-state index is 13.5. The lowest BCUT2D eigenvalue weighted by Gasteiger charge is -2.06. The Morgan fingerprint density at radius 3 is 2.58 bits per heavy atom. The molecule has 0 fully saturated rings. The van der Waals surface area contributed by atoms with Gasteiger partial charge in [-0.15, -0.1) is 0 Å². The summed E-state index contributed by atoms with van der Waals surface area (Å²) < 4.78 is 31.5. The highest BCUT2D eigenvalue weighted by atomic mass is 19.1. The number of hydrogen-bond acceptors (Lipinski definition) is 4. The molecular weight excluding hydrogens is 256 g/mol. The third-order valence-corrected chi connectivity index (χ3v) is 2.44. The SMILES string of the molecule is Cc1nc(C)c(C(=O)Nc2cc(N)c(F)cc2F)o1. The second-order valence-electron chi connectivity index (χ2n) is 3.96. The van der Waals surface area contributed by atoms with Gasteiger partial charge in [-0.2, -0.15) is 0 Å². The third-order valence-electron chi connectivity index (χ3n) is 2.44. The van der Waals surface area contributed by atoms with Crippen molar-refractivity contribution in [3.05, 3.63) is 41.1 Å². The van der Waals surface area contributed by atoms with Gasteiger partial charge in [0.2, 0.25) is 5.76 Å². The van der Waals surface area contributed by atoms with E-state index in [0.29, 0.717) is 17.7 Å². The van der Waals surface area contributed by atoms with Gasteiger partial charge in [-0.05, 0) is 13.0 Å². The number of halogens is 2. The van der Waals surface area contributed by atoms with Gasteiger partial charge in [0.15, 0.2) is 5.89 Å². The third kappa shape index (κ3) is 2.54. The Morgan fingerprint density at radius 1 is 1.32 bits per heavy atom. The fourth-order valence-corrected chi connectivity index (χ4v) is 1.58. The van der Waals surface area contributed by atoms with Crippen LogP contribution in [-0.2, 0) is 0 Å². The maximum absolute atomic E-state index is 13.5. The molecule has 0 bridgehead atoms. The molecule has 0 aliphatic heterocycles. The van der Waals surface area contributed by atoms with Crippen LogP contribution in [0.25, 0.3) is 0 Å². The summed E-state index contributed by atoms with van der Waals surface area (Å²) in [7, 11) is 0. The van der Waals surface area contributed by atoms with Gasteiger partial charge in [0.05, 0.1) is 17.1 Å². The molecule has 1 heterocycles. The van der Waals surface area contributed by atoms with Gasteiger partial charge in [-0.3, -0.25) is 4.79 Å². The summed E-state index contributed by atoms with van der Waals surface area (Å²) >= 11 is 0. The Balaban J connectivity index is 2.29. The number of nitrogens with zero attached hydrogens (tertiary/aromatic N) is 1. The quantitative estimate of drug-likeness (QED) is 0.819. The number of carbonyl (C=O) groups is 1. The van der Waals surface area contributed by atoms with E-state index >= 15 is 0 Å². The molecule has 7 heteroatoms. The lowest BCUT2D eigenvalue weighted by molar-refractivity contribution is 0.0994. The van der Waals surface area contributed by atoms with Crippen molar-refractivity contribution in [2.45, 2.75) is 13.8 Å². The van der Waals surface area contributed by atoms with Gasteiger partial charge in [0.25, 0.3) is 5.91 Å². The normalized spacial score (nSPS) is 10.5. The molecule has 1 aromatic carbocycles. The van der Waals surface area contributed by atoms with Crippen molar-refractivity contribution in [2.75, 3.05) is 11.1 Å². The minimum atomic E-state index is -0.922. The Morgan fingerprint density at radius 2 is 2.00 bits per heavy atom. The summed E-state index contributed by atoms with van der Waals surface area (Å²) in [6.07, 6.45) is 0. The topological polar surface area (TPSA) is 81.2 Å². The van der Waals surface area contributed by atoms with E-state index in [1.165, 1.54) is 0 Å². The van der Waals surface area contributed by atoms with Crippen LogP contribution in [0.3, 0.4) is 0 Å². The number of nitrogens with one attached hydrogen (secondary N) is 1. The van der Waals surface area contributed by atoms with Gasteiger partial charge in [-0.25, -0.2) is 13.8 Å². The van der Waals surface area contributed by atoms with E-state index in [9.17, 15) is 13.6 Å². The van der Waals surface area contributed by atoms with E-state index in [-0.39, 0.29) is 17.1 Å². The summed E-state index contributed by atoms with van der Waals surface area (Å²) in [5, 5.41) is 2.25. The summed E-state index contributed by atoms with van der Waals surface area (Å²) in [5.74, 6) is -2.19. The summed E-state index contributed by atoms with van der Waals surface area (Å²) in [5.41, 5.74) is 5.20. The second kappa shape index (κ2) is 4.68. The van der Waals surface area contributed by atoms with Crippen LogP contribution < -0.4 is 11.1 Å². The largest absolute Gasteiger partial charge is 0.436 e. The average Bonchev–Trinajstić information content (AvgIpc) is 2.65. The second-order valence-corrected chi connectivity index (χ2v) is 3.96. The molecule has 1 aromatic heterocycles. The number of aromatic nitrogens is 1. The molecule has 0 atom stereocenters.